The molecule has 2 rings (SSSR count). The topological polar surface area (TPSA) is 0 Å². The summed E-state index contributed by atoms with van der Waals surface area (Å²) in [6.45, 7) is 2.41. The molecule has 1 saturated carbocycles. The van der Waals surface area contributed by atoms with Gasteiger partial charge in [-0.3, -0.25) is 0 Å². The molecule has 0 spiro atoms. The molecule has 76 valence electrons. The normalized spacial score (nSPS) is 19.9. The largest absolute Gasteiger partial charge is 0.130 e. The Hall–Kier alpha value is -0.430. The molecule has 0 saturated heterocycles. The molecule has 1 aromatic carbocycles. The third-order valence-corrected chi connectivity index (χ3v) is 4.24. The van der Waals surface area contributed by atoms with Crippen LogP contribution in [-0.2, 0) is 5.41 Å². The van der Waals surface area contributed by atoms with Crippen LogP contribution in [0.5, 0.6) is 0 Å². The zero-order valence-electron chi connectivity index (χ0n) is 9.05. The minimum absolute atomic E-state index is 0.469. The van der Waals surface area contributed by atoms with E-state index in [1.807, 2.05) is 11.8 Å². The lowest BCUT2D eigenvalue weighted by Crippen LogP contribution is -2.16. The van der Waals surface area contributed by atoms with Gasteiger partial charge in [0, 0.05) is 4.90 Å². The van der Waals surface area contributed by atoms with Crippen molar-refractivity contribution in [3.05, 3.63) is 29.8 Å². The minimum atomic E-state index is 0.469. The Bertz CT molecular complexity index is 294. The van der Waals surface area contributed by atoms with E-state index in [0.717, 1.165) is 0 Å². The molecule has 14 heavy (non-hydrogen) atoms. The fourth-order valence-electron chi connectivity index (χ4n) is 2.44. The van der Waals surface area contributed by atoms with Gasteiger partial charge in [-0.15, -0.1) is 11.8 Å². The standard InChI is InChI=1S/C13H18S/c1-13(9-3-4-10-13)11-5-7-12(14-2)8-6-11/h5-8H,3-4,9-10H2,1-2H3. The van der Waals surface area contributed by atoms with Gasteiger partial charge in [0.1, 0.15) is 0 Å². The van der Waals surface area contributed by atoms with Gasteiger partial charge in [0.05, 0.1) is 0 Å². The average Bonchev–Trinajstić information content (AvgIpc) is 2.67. The number of rotatable bonds is 2. The predicted octanol–water partition coefficient (Wildman–Crippen LogP) is 4.24. The molecule has 0 atom stereocenters. The highest BCUT2D eigenvalue weighted by Gasteiger charge is 2.29. The van der Waals surface area contributed by atoms with Crippen LogP contribution in [0, 0.1) is 0 Å². The molecule has 0 unspecified atom stereocenters. The minimum Gasteiger partial charge on any atom is -0.130 e. The average molecular weight is 206 g/mol. The predicted molar refractivity (Wildman–Crippen MR) is 64.0 cm³/mol. The zero-order valence-corrected chi connectivity index (χ0v) is 9.86. The van der Waals surface area contributed by atoms with E-state index in [0.29, 0.717) is 5.41 Å². The summed E-state index contributed by atoms with van der Waals surface area (Å²) in [4.78, 5) is 1.37. The van der Waals surface area contributed by atoms with Crippen molar-refractivity contribution < 1.29 is 0 Å². The van der Waals surface area contributed by atoms with E-state index in [2.05, 4.69) is 37.4 Å². The van der Waals surface area contributed by atoms with Gasteiger partial charge in [0.15, 0.2) is 0 Å². The van der Waals surface area contributed by atoms with Crippen molar-refractivity contribution in [3.8, 4) is 0 Å². The summed E-state index contributed by atoms with van der Waals surface area (Å²) in [7, 11) is 0. The Morgan fingerprint density at radius 3 is 2.14 bits per heavy atom. The maximum atomic E-state index is 2.41. The van der Waals surface area contributed by atoms with Crippen LogP contribution in [0.2, 0.25) is 0 Å². The first-order chi connectivity index (χ1) is 6.74. The molecule has 0 nitrogen and oxygen atoms in total. The first-order valence-electron chi connectivity index (χ1n) is 5.39. The molecule has 1 aliphatic rings. The van der Waals surface area contributed by atoms with Crippen LogP contribution < -0.4 is 0 Å². The van der Waals surface area contributed by atoms with E-state index < -0.39 is 0 Å². The summed E-state index contributed by atoms with van der Waals surface area (Å²) < 4.78 is 0. The van der Waals surface area contributed by atoms with Crippen molar-refractivity contribution in [2.24, 2.45) is 0 Å². The van der Waals surface area contributed by atoms with Crippen LogP contribution in [0.3, 0.4) is 0 Å². The molecule has 0 N–H and O–H groups in total. The second kappa shape index (κ2) is 3.98. The van der Waals surface area contributed by atoms with E-state index in [1.54, 1.807) is 0 Å². The summed E-state index contributed by atoms with van der Waals surface area (Å²) in [5.74, 6) is 0. The number of hydrogen-bond donors (Lipinski definition) is 0. The second-order valence-corrected chi connectivity index (χ2v) is 5.38. The van der Waals surface area contributed by atoms with Gasteiger partial charge in [0.25, 0.3) is 0 Å². The molecule has 1 aromatic rings. The molecule has 0 radical (unpaired) electrons. The maximum absolute atomic E-state index is 2.41. The number of thioether (sulfide) groups is 1. The summed E-state index contributed by atoms with van der Waals surface area (Å²) in [5.41, 5.74) is 2.00. The Morgan fingerprint density at radius 2 is 1.64 bits per heavy atom. The third-order valence-electron chi connectivity index (χ3n) is 3.49. The van der Waals surface area contributed by atoms with Crippen molar-refractivity contribution in [2.45, 2.75) is 42.9 Å². The van der Waals surface area contributed by atoms with Crippen LogP contribution in [-0.4, -0.2) is 6.26 Å². The summed E-state index contributed by atoms with van der Waals surface area (Å²) in [6, 6.07) is 9.14. The van der Waals surface area contributed by atoms with E-state index in [9.17, 15) is 0 Å². The second-order valence-electron chi connectivity index (χ2n) is 4.50. The van der Waals surface area contributed by atoms with Gasteiger partial charge in [-0.1, -0.05) is 31.9 Å². The van der Waals surface area contributed by atoms with Crippen LogP contribution in [0.15, 0.2) is 29.2 Å². The summed E-state index contributed by atoms with van der Waals surface area (Å²) in [6.07, 6.45) is 7.67. The van der Waals surface area contributed by atoms with E-state index in [4.69, 9.17) is 0 Å². The van der Waals surface area contributed by atoms with Gasteiger partial charge >= 0.3 is 0 Å². The van der Waals surface area contributed by atoms with Crippen molar-refractivity contribution in [1.29, 1.82) is 0 Å². The first-order valence-corrected chi connectivity index (χ1v) is 6.62. The fraction of sp³-hybridized carbons (Fsp3) is 0.538. The molecular weight excluding hydrogens is 188 g/mol. The van der Waals surface area contributed by atoms with Crippen molar-refractivity contribution in [3.63, 3.8) is 0 Å². The maximum Gasteiger partial charge on any atom is 0.00693 e. The summed E-state index contributed by atoms with van der Waals surface area (Å²) >= 11 is 1.82. The van der Waals surface area contributed by atoms with Crippen molar-refractivity contribution in [1.82, 2.24) is 0 Å². The Balaban J connectivity index is 2.23. The van der Waals surface area contributed by atoms with Crippen LogP contribution in [0.1, 0.15) is 38.2 Å². The van der Waals surface area contributed by atoms with Gasteiger partial charge < -0.3 is 0 Å². The Morgan fingerprint density at radius 1 is 1.07 bits per heavy atom. The monoisotopic (exact) mass is 206 g/mol. The van der Waals surface area contributed by atoms with Gasteiger partial charge in [-0.2, -0.15) is 0 Å². The lowest BCUT2D eigenvalue weighted by atomic mass is 9.81. The molecule has 0 bridgehead atoms. The van der Waals surface area contributed by atoms with Crippen LogP contribution >= 0.6 is 11.8 Å². The molecule has 0 amide bonds. The number of benzene rings is 1. The van der Waals surface area contributed by atoms with Crippen LogP contribution in [0.25, 0.3) is 0 Å². The molecule has 0 aromatic heterocycles. The van der Waals surface area contributed by atoms with Gasteiger partial charge in [-0.25, -0.2) is 0 Å². The van der Waals surface area contributed by atoms with E-state index in [1.165, 1.54) is 36.1 Å². The molecule has 0 aliphatic heterocycles. The molecular formula is C13H18S. The SMILES string of the molecule is CSc1ccc(C2(C)CCCC2)cc1. The third kappa shape index (κ3) is 1.83. The van der Waals surface area contributed by atoms with E-state index >= 15 is 0 Å². The lowest BCUT2D eigenvalue weighted by molar-refractivity contribution is 0.491. The zero-order chi connectivity index (χ0) is 10.0. The Kier molecular flexibility index (Phi) is 2.87. The lowest BCUT2D eigenvalue weighted by Gasteiger charge is -2.24. The molecule has 1 fully saturated rings. The smallest absolute Gasteiger partial charge is 0.00693 e. The van der Waals surface area contributed by atoms with E-state index in [-0.39, 0.29) is 0 Å². The first kappa shape index (κ1) is 10.1. The van der Waals surface area contributed by atoms with Crippen LogP contribution in [0.4, 0.5) is 0 Å². The highest BCUT2D eigenvalue weighted by Crippen LogP contribution is 2.40. The van der Waals surface area contributed by atoms with Crippen molar-refractivity contribution >= 4 is 11.8 Å². The molecule has 1 heteroatoms. The van der Waals surface area contributed by atoms with Crippen molar-refractivity contribution in [2.75, 3.05) is 6.26 Å². The summed E-state index contributed by atoms with van der Waals surface area (Å²) in [5, 5.41) is 0. The molecule has 1 aliphatic carbocycles. The number of hydrogen-bond acceptors (Lipinski definition) is 1. The highest BCUT2D eigenvalue weighted by molar-refractivity contribution is 7.98. The van der Waals surface area contributed by atoms with Gasteiger partial charge in [-0.05, 0) is 42.2 Å². The van der Waals surface area contributed by atoms with Gasteiger partial charge in [0.2, 0.25) is 0 Å². The highest BCUT2D eigenvalue weighted by atomic mass is 32.2. The quantitative estimate of drug-likeness (QED) is 0.652. The fourth-order valence-corrected chi connectivity index (χ4v) is 2.85. The Labute approximate surface area is 91.1 Å². The molecule has 0 heterocycles.